The number of imidazole rings is 1. The van der Waals surface area contributed by atoms with Crippen molar-refractivity contribution in [2.45, 2.75) is 44.3 Å². The van der Waals surface area contributed by atoms with E-state index in [-0.39, 0.29) is 23.8 Å². The monoisotopic (exact) mass is 350 g/mol. The Morgan fingerprint density at radius 1 is 1.46 bits per heavy atom. The van der Waals surface area contributed by atoms with Crippen molar-refractivity contribution in [3.63, 3.8) is 0 Å². The van der Waals surface area contributed by atoms with Gasteiger partial charge in [0, 0.05) is 13.1 Å². The van der Waals surface area contributed by atoms with Crippen molar-refractivity contribution in [2.24, 2.45) is 7.05 Å². The summed E-state index contributed by atoms with van der Waals surface area (Å²) in [5.41, 5.74) is 0. The van der Waals surface area contributed by atoms with Crippen LogP contribution < -0.4 is 5.32 Å². The minimum Gasteiger partial charge on any atom is -0.346 e. The molecule has 1 N–H and O–H groups in total. The van der Waals surface area contributed by atoms with Crippen LogP contribution in [0.5, 0.6) is 0 Å². The number of hydrogen-bond donors (Lipinski definition) is 1. The number of carbonyl (C=O) groups is 1. The van der Waals surface area contributed by atoms with Gasteiger partial charge in [-0.05, 0) is 32.2 Å². The number of aromatic nitrogens is 4. The molecule has 0 radical (unpaired) electrons. The van der Waals surface area contributed by atoms with Gasteiger partial charge in [0.25, 0.3) is 11.7 Å². The fourth-order valence-corrected chi connectivity index (χ4v) is 3.13. The highest BCUT2D eigenvalue weighted by Crippen LogP contribution is 2.32. The van der Waals surface area contributed by atoms with Gasteiger partial charge in [0.1, 0.15) is 11.0 Å². The number of likely N-dealkylation sites (tertiary alicyclic amines) is 1. The Balaban J connectivity index is 1.47. The summed E-state index contributed by atoms with van der Waals surface area (Å²) in [6.45, 7) is 1.57. The molecular formula is C15H19ClN6O2. The summed E-state index contributed by atoms with van der Waals surface area (Å²) in [6.07, 6.45) is 5.66. The summed E-state index contributed by atoms with van der Waals surface area (Å²) in [7, 11) is 1.89. The van der Waals surface area contributed by atoms with Crippen LogP contribution in [-0.2, 0) is 13.6 Å². The molecule has 1 saturated carbocycles. The van der Waals surface area contributed by atoms with Gasteiger partial charge >= 0.3 is 0 Å². The number of hydrogen-bond acceptors (Lipinski definition) is 6. The molecule has 1 saturated heterocycles. The number of nitrogens with zero attached hydrogens (tertiary/aromatic N) is 5. The third kappa shape index (κ3) is 3.03. The van der Waals surface area contributed by atoms with Gasteiger partial charge in [-0.15, -0.1) is 0 Å². The van der Waals surface area contributed by atoms with Gasteiger partial charge in [-0.2, -0.15) is 4.98 Å². The summed E-state index contributed by atoms with van der Waals surface area (Å²) < 4.78 is 7.22. The van der Waals surface area contributed by atoms with E-state index in [0.29, 0.717) is 17.6 Å². The molecule has 8 nitrogen and oxygen atoms in total. The van der Waals surface area contributed by atoms with Gasteiger partial charge in [0.2, 0.25) is 5.89 Å². The molecular weight excluding hydrogens is 332 g/mol. The van der Waals surface area contributed by atoms with Gasteiger partial charge in [-0.3, -0.25) is 9.69 Å². The Labute approximate surface area is 144 Å². The minimum atomic E-state index is -0.257. The van der Waals surface area contributed by atoms with Crippen molar-refractivity contribution in [1.29, 1.82) is 0 Å². The van der Waals surface area contributed by atoms with Crippen LogP contribution in [0.25, 0.3) is 0 Å². The number of carbonyl (C=O) groups excluding carboxylic acids is 1. The second-order valence-corrected chi connectivity index (χ2v) is 6.78. The molecule has 3 heterocycles. The zero-order valence-corrected chi connectivity index (χ0v) is 14.2. The number of amides is 1. The number of nitrogens with one attached hydrogen (secondary N) is 1. The van der Waals surface area contributed by atoms with E-state index in [1.165, 1.54) is 0 Å². The van der Waals surface area contributed by atoms with E-state index in [2.05, 4.69) is 25.3 Å². The second-order valence-electron chi connectivity index (χ2n) is 6.39. The molecule has 1 amide bonds. The van der Waals surface area contributed by atoms with E-state index in [1.807, 2.05) is 11.6 Å². The largest absolute Gasteiger partial charge is 0.346 e. The van der Waals surface area contributed by atoms with Crippen molar-refractivity contribution < 1.29 is 9.32 Å². The first-order chi connectivity index (χ1) is 11.6. The van der Waals surface area contributed by atoms with Crippen molar-refractivity contribution in [3.8, 4) is 0 Å². The SMILES string of the molecule is Cn1c(Cl)cnc1CN1CCC[C@@H]1c1nc(C(=O)NC2CC2)no1. The van der Waals surface area contributed by atoms with Gasteiger partial charge in [0.15, 0.2) is 0 Å². The van der Waals surface area contributed by atoms with Gasteiger partial charge in [-0.1, -0.05) is 16.8 Å². The Kier molecular flexibility index (Phi) is 4.01. The topological polar surface area (TPSA) is 89.1 Å². The molecule has 0 bridgehead atoms. The molecule has 0 unspecified atom stereocenters. The normalized spacial score (nSPS) is 21.3. The van der Waals surface area contributed by atoms with Gasteiger partial charge in [-0.25, -0.2) is 4.98 Å². The lowest BCUT2D eigenvalue weighted by atomic mass is 10.2. The van der Waals surface area contributed by atoms with E-state index in [4.69, 9.17) is 16.1 Å². The third-order valence-electron chi connectivity index (χ3n) is 4.58. The summed E-state index contributed by atoms with van der Waals surface area (Å²) in [4.78, 5) is 22.9. The zero-order valence-electron chi connectivity index (χ0n) is 13.4. The van der Waals surface area contributed by atoms with Crippen LogP contribution in [0.4, 0.5) is 0 Å². The smallest absolute Gasteiger partial charge is 0.292 e. The fraction of sp³-hybridized carbons (Fsp3) is 0.600. The molecule has 1 aliphatic carbocycles. The van der Waals surface area contributed by atoms with Crippen LogP contribution >= 0.6 is 11.6 Å². The highest BCUT2D eigenvalue weighted by atomic mass is 35.5. The van der Waals surface area contributed by atoms with Crippen molar-refractivity contribution in [1.82, 2.24) is 29.9 Å². The first kappa shape index (κ1) is 15.6. The minimum absolute atomic E-state index is 0.00968. The molecule has 2 fully saturated rings. The summed E-state index contributed by atoms with van der Waals surface area (Å²) in [5.74, 6) is 1.24. The molecule has 1 atom stereocenters. The Bertz CT molecular complexity index is 753. The van der Waals surface area contributed by atoms with Crippen LogP contribution in [0.15, 0.2) is 10.7 Å². The predicted octanol–water partition coefficient (Wildman–Crippen LogP) is 1.69. The molecule has 2 aliphatic rings. The van der Waals surface area contributed by atoms with E-state index >= 15 is 0 Å². The first-order valence-corrected chi connectivity index (χ1v) is 8.54. The molecule has 0 spiro atoms. The molecule has 24 heavy (non-hydrogen) atoms. The van der Waals surface area contributed by atoms with Crippen LogP contribution in [0.3, 0.4) is 0 Å². The molecule has 9 heteroatoms. The number of rotatable bonds is 5. The van der Waals surface area contributed by atoms with E-state index < -0.39 is 0 Å². The lowest BCUT2D eigenvalue weighted by Gasteiger charge is -2.20. The first-order valence-electron chi connectivity index (χ1n) is 8.16. The highest BCUT2D eigenvalue weighted by molar-refractivity contribution is 6.29. The lowest BCUT2D eigenvalue weighted by molar-refractivity contribution is 0.0937. The van der Waals surface area contributed by atoms with Crippen LogP contribution in [-0.4, -0.2) is 43.1 Å². The Morgan fingerprint density at radius 2 is 2.29 bits per heavy atom. The molecule has 2 aromatic rings. The van der Waals surface area contributed by atoms with E-state index in [9.17, 15) is 4.79 Å². The lowest BCUT2D eigenvalue weighted by Crippen LogP contribution is -2.27. The average molecular weight is 351 g/mol. The van der Waals surface area contributed by atoms with Crippen molar-refractivity contribution in [3.05, 3.63) is 28.9 Å². The molecule has 4 rings (SSSR count). The maximum atomic E-state index is 12.0. The van der Waals surface area contributed by atoms with E-state index in [1.54, 1.807) is 6.20 Å². The second kappa shape index (κ2) is 6.18. The maximum absolute atomic E-state index is 12.0. The quantitative estimate of drug-likeness (QED) is 0.882. The van der Waals surface area contributed by atoms with E-state index in [0.717, 1.165) is 38.1 Å². The Hall–Kier alpha value is -1.93. The van der Waals surface area contributed by atoms with Gasteiger partial charge in [0.05, 0.1) is 18.8 Å². The third-order valence-corrected chi connectivity index (χ3v) is 4.93. The zero-order chi connectivity index (χ0) is 16.7. The Morgan fingerprint density at radius 3 is 3.00 bits per heavy atom. The summed E-state index contributed by atoms with van der Waals surface area (Å²) in [5, 5.41) is 7.32. The number of halogens is 1. The fourth-order valence-electron chi connectivity index (χ4n) is 2.99. The molecule has 1 aliphatic heterocycles. The van der Waals surface area contributed by atoms with Crippen molar-refractivity contribution >= 4 is 17.5 Å². The predicted molar refractivity (Wildman–Crippen MR) is 85.4 cm³/mol. The molecule has 128 valence electrons. The average Bonchev–Trinajstić information content (AvgIpc) is 2.98. The summed E-state index contributed by atoms with van der Waals surface area (Å²) >= 11 is 6.05. The van der Waals surface area contributed by atoms with Crippen LogP contribution in [0.1, 0.15) is 54.1 Å². The molecule has 2 aromatic heterocycles. The summed E-state index contributed by atoms with van der Waals surface area (Å²) in [6, 6.07) is 0.283. The maximum Gasteiger partial charge on any atom is 0.292 e. The van der Waals surface area contributed by atoms with Crippen LogP contribution in [0, 0.1) is 0 Å². The molecule has 0 aromatic carbocycles. The van der Waals surface area contributed by atoms with Crippen LogP contribution in [0.2, 0.25) is 5.15 Å². The standard InChI is InChI=1S/C15H19ClN6O2/c1-21-11(16)7-17-12(21)8-22-6-2-3-10(22)15-19-13(20-24-15)14(23)18-9-4-5-9/h7,9-10H,2-6,8H2,1H3,(H,18,23)/t10-/m1/s1. The van der Waals surface area contributed by atoms with Gasteiger partial charge < -0.3 is 14.4 Å². The van der Waals surface area contributed by atoms with Crippen molar-refractivity contribution in [2.75, 3.05) is 6.54 Å². The highest BCUT2D eigenvalue weighted by Gasteiger charge is 2.33.